The molecule has 0 saturated carbocycles. The topological polar surface area (TPSA) is 36.9 Å². The second-order valence-electron chi connectivity index (χ2n) is 5.00. The monoisotopic (exact) mass is 294 g/mol. The van der Waals surface area contributed by atoms with E-state index in [1.807, 2.05) is 24.3 Å². The van der Waals surface area contributed by atoms with Crippen LogP contribution in [0.3, 0.4) is 0 Å². The fraction of sp³-hybridized carbons (Fsp3) is 0.529. The van der Waals surface area contributed by atoms with Crippen LogP contribution in [0.4, 0.5) is 0 Å². The van der Waals surface area contributed by atoms with Gasteiger partial charge in [-0.2, -0.15) is 0 Å². The van der Waals surface area contributed by atoms with Crippen molar-refractivity contribution in [3.05, 3.63) is 42.7 Å². The van der Waals surface area contributed by atoms with E-state index < -0.39 is 0 Å². The van der Waals surface area contributed by atoms with Crippen molar-refractivity contribution in [2.45, 2.75) is 58.3 Å². The predicted octanol–water partition coefficient (Wildman–Crippen LogP) is 5.30. The van der Waals surface area contributed by atoms with Gasteiger partial charge in [0.25, 0.3) is 0 Å². The zero-order chi connectivity index (χ0) is 15.2. The van der Waals surface area contributed by atoms with Crippen LogP contribution < -0.4 is 4.89 Å². The summed E-state index contributed by atoms with van der Waals surface area (Å²) in [6.45, 7) is 5.54. The third-order valence-electron chi connectivity index (χ3n) is 3.26. The van der Waals surface area contributed by atoms with Gasteiger partial charge < -0.3 is 9.78 Å². The first kappa shape index (κ1) is 17.5. The average Bonchev–Trinajstić information content (AvgIpc) is 2.52. The zero-order valence-corrected chi connectivity index (χ0v) is 12.9. The Labute approximate surface area is 127 Å². The number of unbranched alkanes of at least 4 members (excludes halogenated alkanes) is 6. The normalized spacial score (nSPS) is 10.3. The maximum atomic E-state index is 4.85. The molecule has 0 aliphatic rings. The molecule has 1 rings (SSSR count). The van der Waals surface area contributed by atoms with E-state index in [2.05, 4.69) is 28.5 Å². The molecule has 118 valence electrons. The highest BCUT2D eigenvalue weighted by atomic mass is 17.7. The van der Waals surface area contributed by atoms with E-state index in [1.165, 1.54) is 50.5 Å². The Balaban J connectivity index is 2.09. The predicted molar refractivity (Wildman–Crippen MR) is 82.2 cm³/mol. The number of hydrogen-bond donors (Lipinski definition) is 0. The molecule has 0 heterocycles. The Kier molecular flexibility index (Phi) is 10.2. The quantitative estimate of drug-likeness (QED) is 0.214. The van der Waals surface area contributed by atoms with E-state index in [4.69, 9.17) is 4.89 Å². The van der Waals surface area contributed by atoms with E-state index in [0.29, 0.717) is 5.75 Å². The van der Waals surface area contributed by atoms with Crippen LogP contribution in [0.25, 0.3) is 0 Å². The molecule has 0 N–H and O–H groups in total. The molecule has 0 atom stereocenters. The van der Waals surface area contributed by atoms with Crippen LogP contribution in [0.1, 0.15) is 57.4 Å². The molecule has 0 aromatic heterocycles. The summed E-state index contributed by atoms with van der Waals surface area (Å²) in [6.07, 6.45) is 11.5. The van der Waals surface area contributed by atoms with E-state index in [1.54, 1.807) is 0 Å². The van der Waals surface area contributed by atoms with Crippen LogP contribution in [-0.4, -0.2) is 0 Å². The Morgan fingerprint density at radius 2 is 1.57 bits per heavy atom. The van der Waals surface area contributed by atoms with Crippen molar-refractivity contribution in [3.63, 3.8) is 0 Å². The minimum absolute atomic E-state index is 0.561. The first-order valence-electron chi connectivity index (χ1n) is 7.73. The second kappa shape index (κ2) is 12.2. The molecule has 4 heteroatoms. The largest absolute Gasteiger partial charge is 0.314 e. The maximum Gasteiger partial charge on any atom is 0.168 e. The van der Waals surface area contributed by atoms with Gasteiger partial charge in [-0.3, -0.25) is 0 Å². The summed E-state index contributed by atoms with van der Waals surface area (Å²) in [5.41, 5.74) is 1.30. The van der Waals surface area contributed by atoms with Crippen LogP contribution in [0, 0.1) is 0 Å². The van der Waals surface area contributed by atoms with Gasteiger partial charge in [0.05, 0.1) is 0 Å². The minimum atomic E-state index is 0.561. The van der Waals surface area contributed by atoms with Crippen molar-refractivity contribution >= 4 is 0 Å². The third-order valence-corrected chi connectivity index (χ3v) is 3.26. The highest BCUT2D eigenvalue weighted by Crippen LogP contribution is 2.15. The summed E-state index contributed by atoms with van der Waals surface area (Å²) in [7, 11) is 0. The molecular formula is C17H26O4. The lowest BCUT2D eigenvalue weighted by Gasteiger charge is -2.04. The van der Waals surface area contributed by atoms with Crippen molar-refractivity contribution in [1.82, 2.24) is 0 Å². The minimum Gasteiger partial charge on any atom is -0.314 e. The second-order valence-corrected chi connectivity index (χ2v) is 5.00. The first-order valence-corrected chi connectivity index (χ1v) is 7.73. The molecule has 0 aliphatic carbocycles. The highest BCUT2D eigenvalue weighted by Gasteiger charge is 1.98. The molecule has 0 unspecified atom stereocenters. The van der Waals surface area contributed by atoms with Crippen molar-refractivity contribution < 1.29 is 19.9 Å². The average molecular weight is 294 g/mol. The van der Waals surface area contributed by atoms with Gasteiger partial charge in [-0.15, -0.1) is 0 Å². The van der Waals surface area contributed by atoms with Crippen molar-refractivity contribution in [1.29, 1.82) is 0 Å². The molecule has 0 spiro atoms. The van der Waals surface area contributed by atoms with Crippen LogP contribution in [0.15, 0.2) is 37.1 Å². The van der Waals surface area contributed by atoms with Crippen molar-refractivity contribution in [3.8, 4) is 5.75 Å². The van der Waals surface area contributed by atoms with Crippen LogP contribution in [0.5, 0.6) is 5.75 Å². The Morgan fingerprint density at radius 1 is 0.905 bits per heavy atom. The van der Waals surface area contributed by atoms with Gasteiger partial charge in [0.15, 0.2) is 5.75 Å². The molecule has 1 aromatic rings. The van der Waals surface area contributed by atoms with Crippen molar-refractivity contribution in [2.24, 2.45) is 0 Å². The fourth-order valence-corrected chi connectivity index (χ4v) is 2.09. The Morgan fingerprint density at radius 3 is 2.24 bits per heavy atom. The molecular weight excluding hydrogens is 268 g/mol. The maximum absolute atomic E-state index is 4.85. The summed E-state index contributed by atoms with van der Waals surface area (Å²) in [5.74, 6) is 0.561. The molecule has 0 saturated heterocycles. The van der Waals surface area contributed by atoms with Gasteiger partial charge in [0, 0.05) is 10.1 Å². The van der Waals surface area contributed by atoms with Crippen LogP contribution >= 0.6 is 0 Å². The summed E-state index contributed by atoms with van der Waals surface area (Å²) in [5, 5.41) is 8.55. The van der Waals surface area contributed by atoms with E-state index in [0.717, 1.165) is 12.7 Å². The molecule has 0 fully saturated rings. The summed E-state index contributed by atoms with van der Waals surface area (Å²) in [4.78, 5) is 9.14. The number of hydrogen-bond acceptors (Lipinski definition) is 4. The lowest BCUT2D eigenvalue weighted by molar-refractivity contribution is -0.592. The lowest BCUT2D eigenvalue weighted by Crippen LogP contribution is -1.97. The van der Waals surface area contributed by atoms with Crippen LogP contribution in [-0.2, 0) is 21.4 Å². The highest BCUT2D eigenvalue weighted by molar-refractivity contribution is 5.26. The SMILES string of the molecule is C=COOOOc1ccc(CCCCCCCCC)cc1. The van der Waals surface area contributed by atoms with Gasteiger partial charge in [-0.1, -0.05) is 64.2 Å². The van der Waals surface area contributed by atoms with E-state index >= 15 is 0 Å². The molecule has 4 nitrogen and oxygen atoms in total. The molecule has 0 radical (unpaired) electrons. The van der Waals surface area contributed by atoms with Crippen molar-refractivity contribution in [2.75, 3.05) is 0 Å². The molecule has 0 amide bonds. The van der Waals surface area contributed by atoms with Gasteiger partial charge in [0.2, 0.25) is 0 Å². The standard InChI is InChI=1S/C17H26O4/c1-3-5-6-7-8-9-10-11-16-12-14-17(15-13-16)19-21-20-18-4-2/h4,12-15H,2-3,5-11H2,1H3. The van der Waals surface area contributed by atoms with Gasteiger partial charge in [-0.25, -0.2) is 0 Å². The van der Waals surface area contributed by atoms with E-state index in [9.17, 15) is 0 Å². The number of benzene rings is 1. The molecule has 0 bridgehead atoms. The molecule has 0 aliphatic heterocycles. The number of rotatable bonds is 13. The summed E-state index contributed by atoms with van der Waals surface area (Å²) >= 11 is 0. The van der Waals surface area contributed by atoms with Crippen LogP contribution in [0.2, 0.25) is 0 Å². The Bertz CT molecular complexity index is 362. The Hall–Kier alpha value is -1.52. The third kappa shape index (κ3) is 9.10. The zero-order valence-electron chi connectivity index (χ0n) is 12.9. The fourth-order valence-electron chi connectivity index (χ4n) is 2.09. The van der Waals surface area contributed by atoms with E-state index in [-0.39, 0.29) is 0 Å². The smallest absolute Gasteiger partial charge is 0.168 e. The lowest BCUT2D eigenvalue weighted by atomic mass is 10.0. The number of aryl methyl sites for hydroxylation is 1. The summed E-state index contributed by atoms with van der Waals surface area (Å²) < 4.78 is 0. The molecule has 21 heavy (non-hydrogen) atoms. The van der Waals surface area contributed by atoms with Gasteiger partial charge in [0.1, 0.15) is 6.26 Å². The first-order chi connectivity index (χ1) is 10.4. The summed E-state index contributed by atoms with van der Waals surface area (Å²) in [6, 6.07) is 7.75. The van der Waals surface area contributed by atoms with Gasteiger partial charge >= 0.3 is 0 Å². The van der Waals surface area contributed by atoms with Gasteiger partial charge in [-0.05, 0) is 30.5 Å². The molecule has 1 aromatic carbocycles.